The molecule has 31 heavy (non-hydrogen) atoms. The summed E-state index contributed by atoms with van der Waals surface area (Å²) in [4.78, 5) is 0. The van der Waals surface area contributed by atoms with Crippen molar-refractivity contribution < 1.29 is 9.59 Å². The number of aliphatic hydroxyl groups is 1. The van der Waals surface area contributed by atoms with E-state index >= 15 is 0 Å². The van der Waals surface area contributed by atoms with Crippen LogP contribution in [0.25, 0.3) is 6.08 Å². The van der Waals surface area contributed by atoms with E-state index in [1.54, 1.807) is 0 Å². The Kier molecular flexibility index (Phi) is 11.0. The Bertz CT molecular complexity index is 748. The zero-order valence-corrected chi connectivity index (χ0v) is 20.3. The van der Waals surface area contributed by atoms with Crippen molar-refractivity contribution in [2.24, 2.45) is 5.92 Å². The van der Waals surface area contributed by atoms with E-state index in [0.29, 0.717) is 0 Å². The summed E-state index contributed by atoms with van der Waals surface area (Å²) in [7, 11) is 4.48. The highest BCUT2D eigenvalue weighted by molar-refractivity contribution is 5.48. The molecule has 2 nitrogen and oxygen atoms in total. The minimum atomic E-state index is -0.418. The molecular formula is C29H44NO+. The lowest BCUT2D eigenvalue weighted by atomic mass is 9.94. The highest BCUT2D eigenvalue weighted by atomic mass is 16.3. The Morgan fingerprint density at radius 3 is 2.19 bits per heavy atom. The van der Waals surface area contributed by atoms with Crippen molar-refractivity contribution in [1.29, 1.82) is 0 Å². The highest BCUT2D eigenvalue weighted by Gasteiger charge is 2.24. The number of likely N-dealkylation sites (N-methyl/N-ethyl adjacent to an activating group) is 1. The largest absolute Gasteiger partial charge is 0.388 e. The van der Waals surface area contributed by atoms with E-state index in [2.05, 4.69) is 88.6 Å². The molecule has 170 valence electrons. The van der Waals surface area contributed by atoms with E-state index in [9.17, 15) is 5.11 Å². The lowest BCUT2D eigenvalue weighted by Gasteiger charge is -2.33. The zero-order valence-electron chi connectivity index (χ0n) is 20.3. The number of benzene rings is 2. The summed E-state index contributed by atoms with van der Waals surface area (Å²) in [5.74, 6) is 0.199. The molecule has 0 heterocycles. The highest BCUT2D eigenvalue weighted by Crippen LogP contribution is 2.25. The van der Waals surface area contributed by atoms with Gasteiger partial charge in [0, 0.05) is 5.92 Å². The SMILES string of the molecule is CCCCCCCCc1ccc([C@H](O)[C@@H](C)C[N+](C)(C)C/C=C/c2ccccc2)cc1. The second-order valence-corrected chi connectivity index (χ2v) is 9.80. The van der Waals surface area contributed by atoms with Gasteiger partial charge in [-0.05, 0) is 35.6 Å². The zero-order chi connectivity index (χ0) is 22.5. The minimum Gasteiger partial charge on any atom is -0.388 e. The summed E-state index contributed by atoms with van der Waals surface area (Å²) >= 11 is 0. The molecule has 0 spiro atoms. The molecule has 2 atom stereocenters. The molecule has 2 aromatic carbocycles. The van der Waals surface area contributed by atoms with Crippen LogP contribution in [-0.4, -0.2) is 36.8 Å². The van der Waals surface area contributed by atoms with E-state index in [0.717, 1.165) is 29.6 Å². The molecule has 0 amide bonds. The maximum absolute atomic E-state index is 10.9. The smallest absolute Gasteiger partial charge is 0.0972 e. The summed E-state index contributed by atoms with van der Waals surface area (Å²) in [5.41, 5.74) is 3.66. The number of hydrogen-bond donors (Lipinski definition) is 1. The van der Waals surface area contributed by atoms with Crippen LogP contribution in [0.15, 0.2) is 60.7 Å². The Morgan fingerprint density at radius 1 is 0.871 bits per heavy atom. The third-order valence-corrected chi connectivity index (χ3v) is 6.17. The number of hydrogen-bond acceptors (Lipinski definition) is 1. The number of aryl methyl sites for hydroxylation is 1. The van der Waals surface area contributed by atoms with Gasteiger partial charge in [-0.3, -0.25) is 0 Å². The van der Waals surface area contributed by atoms with Crippen molar-refractivity contribution in [3.63, 3.8) is 0 Å². The van der Waals surface area contributed by atoms with Gasteiger partial charge >= 0.3 is 0 Å². The van der Waals surface area contributed by atoms with Crippen molar-refractivity contribution in [3.05, 3.63) is 77.4 Å². The molecule has 2 aromatic rings. The first-order chi connectivity index (χ1) is 14.9. The van der Waals surface area contributed by atoms with E-state index < -0.39 is 6.10 Å². The first-order valence-electron chi connectivity index (χ1n) is 12.2. The predicted molar refractivity (Wildman–Crippen MR) is 135 cm³/mol. The Hall–Kier alpha value is -1.90. The van der Waals surface area contributed by atoms with Crippen LogP contribution in [-0.2, 0) is 6.42 Å². The number of unbranched alkanes of at least 4 members (excludes halogenated alkanes) is 5. The summed E-state index contributed by atoms with van der Waals surface area (Å²) in [6.07, 6.45) is 13.2. The van der Waals surface area contributed by atoms with Crippen molar-refractivity contribution in [3.8, 4) is 0 Å². The average Bonchev–Trinajstić information content (AvgIpc) is 2.76. The van der Waals surface area contributed by atoms with Gasteiger partial charge in [-0.2, -0.15) is 0 Å². The van der Waals surface area contributed by atoms with E-state index in [1.807, 2.05) is 6.07 Å². The standard InChI is InChI=1S/C29H44NO/c1-5-6-7-8-9-11-17-27-19-21-28(22-20-27)29(31)25(2)24-30(3,4)23-14-18-26-15-12-10-13-16-26/h10,12-16,18-22,25,29,31H,5-9,11,17,23-24H2,1-4H3/q+1/b18-14+/t25-,29+/m0/s1. The van der Waals surface area contributed by atoms with E-state index in [1.165, 1.54) is 49.7 Å². The van der Waals surface area contributed by atoms with Crippen molar-refractivity contribution in [2.75, 3.05) is 27.2 Å². The molecule has 1 N–H and O–H groups in total. The summed E-state index contributed by atoms with van der Waals surface area (Å²) < 4.78 is 0.859. The van der Waals surface area contributed by atoms with Gasteiger partial charge in [0.05, 0.1) is 33.3 Å². The lowest BCUT2D eigenvalue weighted by Crippen LogP contribution is -2.44. The fourth-order valence-corrected chi connectivity index (χ4v) is 4.31. The predicted octanol–water partition coefficient (Wildman–Crippen LogP) is 7.05. The fourth-order valence-electron chi connectivity index (χ4n) is 4.31. The minimum absolute atomic E-state index is 0.199. The number of nitrogens with zero attached hydrogens (tertiary/aromatic N) is 1. The van der Waals surface area contributed by atoms with E-state index in [-0.39, 0.29) is 5.92 Å². The molecule has 0 bridgehead atoms. The Morgan fingerprint density at radius 2 is 1.52 bits per heavy atom. The molecule has 0 unspecified atom stereocenters. The van der Waals surface area contributed by atoms with E-state index in [4.69, 9.17) is 0 Å². The monoisotopic (exact) mass is 422 g/mol. The molecule has 2 heteroatoms. The first kappa shape index (κ1) is 25.4. The average molecular weight is 423 g/mol. The Labute approximate surface area is 191 Å². The van der Waals surface area contributed by atoms with Crippen LogP contribution in [0.2, 0.25) is 0 Å². The van der Waals surface area contributed by atoms with Crippen LogP contribution in [0.5, 0.6) is 0 Å². The van der Waals surface area contributed by atoms with Gasteiger partial charge in [0.15, 0.2) is 0 Å². The third kappa shape index (κ3) is 9.84. The van der Waals surface area contributed by atoms with Crippen LogP contribution in [0.3, 0.4) is 0 Å². The van der Waals surface area contributed by atoms with Crippen LogP contribution in [0, 0.1) is 5.92 Å². The topological polar surface area (TPSA) is 20.2 Å². The van der Waals surface area contributed by atoms with Gasteiger partial charge in [-0.25, -0.2) is 0 Å². The van der Waals surface area contributed by atoms with Crippen molar-refractivity contribution >= 4 is 6.08 Å². The van der Waals surface area contributed by atoms with Crippen LogP contribution >= 0.6 is 0 Å². The van der Waals surface area contributed by atoms with Crippen LogP contribution in [0.4, 0.5) is 0 Å². The molecule has 0 saturated heterocycles. The van der Waals surface area contributed by atoms with Crippen LogP contribution in [0.1, 0.15) is 75.2 Å². The Balaban J connectivity index is 1.79. The number of rotatable bonds is 14. The van der Waals surface area contributed by atoms with Gasteiger partial charge in [0.2, 0.25) is 0 Å². The van der Waals surface area contributed by atoms with Gasteiger partial charge in [0.1, 0.15) is 0 Å². The summed E-state index contributed by atoms with van der Waals surface area (Å²) in [6.45, 7) is 6.30. The normalized spacial score (nSPS) is 14.1. The molecule has 0 aliphatic rings. The van der Waals surface area contributed by atoms with Gasteiger partial charge in [-0.15, -0.1) is 0 Å². The fraction of sp³-hybridized carbons (Fsp3) is 0.517. The molecule has 0 aliphatic heterocycles. The molecule has 0 radical (unpaired) electrons. The third-order valence-electron chi connectivity index (χ3n) is 6.17. The van der Waals surface area contributed by atoms with Gasteiger partial charge in [-0.1, -0.05) is 107 Å². The van der Waals surface area contributed by atoms with Gasteiger partial charge < -0.3 is 9.59 Å². The first-order valence-corrected chi connectivity index (χ1v) is 12.2. The van der Waals surface area contributed by atoms with Crippen LogP contribution < -0.4 is 0 Å². The molecule has 0 fully saturated rings. The molecule has 0 saturated carbocycles. The molecule has 0 aliphatic carbocycles. The maximum Gasteiger partial charge on any atom is 0.0972 e. The quantitative estimate of drug-likeness (QED) is 0.255. The molecule has 2 rings (SSSR count). The van der Waals surface area contributed by atoms with Crippen molar-refractivity contribution in [2.45, 2.75) is 64.9 Å². The lowest BCUT2D eigenvalue weighted by molar-refractivity contribution is -0.888. The molecule has 0 aromatic heterocycles. The number of quaternary nitrogens is 1. The second-order valence-electron chi connectivity index (χ2n) is 9.80. The summed E-state index contributed by atoms with van der Waals surface area (Å²) in [6, 6.07) is 19.1. The summed E-state index contributed by atoms with van der Waals surface area (Å²) in [5, 5.41) is 10.9. The maximum atomic E-state index is 10.9. The van der Waals surface area contributed by atoms with Crippen molar-refractivity contribution in [1.82, 2.24) is 0 Å². The second kappa shape index (κ2) is 13.5. The number of aliphatic hydroxyl groups excluding tert-OH is 1. The van der Waals surface area contributed by atoms with Gasteiger partial charge in [0.25, 0.3) is 0 Å². The molecular weight excluding hydrogens is 378 g/mol.